The standard InChI is InChI=1S/C12H27N3/c1-12(2)4-7-14(3)10-11-15-8-5-13-6-9-15/h12-13H,4-11H2,1-3H3. The molecule has 1 aliphatic rings. The Balaban J connectivity index is 2.02. The highest BCUT2D eigenvalue weighted by Gasteiger charge is 2.09. The fraction of sp³-hybridized carbons (Fsp3) is 1.00. The molecule has 3 heteroatoms. The van der Waals surface area contributed by atoms with Crippen molar-refractivity contribution in [3.63, 3.8) is 0 Å². The van der Waals surface area contributed by atoms with Crippen LogP contribution in [0.3, 0.4) is 0 Å². The summed E-state index contributed by atoms with van der Waals surface area (Å²) in [5.74, 6) is 0.826. The molecule has 0 aliphatic carbocycles. The van der Waals surface area contributed by atoms with Gasteiger partial charge in [-0.25, -0.2) is 0 Å². The molecule has 0 aromatic rings. The van der Waals surface area contributed by atoms with Crippen molar-refractivity contribution in [1.82, 2.24) is 15.1 Å². The molecule has 1 fully saturated rings. The van der Waals surface area contributed by atoms with E-state index < -0.39 is 0 Å². The molecule has 15 heavy (non-hydrogen) atoms. The third kappa shape index (κ3) is 6.13. The Morgan fingerprint density at radius 1 is 1.20 bits per heavy atom. The second-order valence-electron chi connectivity index (χ2n) is 5.08. The zero-order valence-corrected chi connectivity index (χ0v) is 10.6. The summed E-state index contributed by atoms with van der Waals surface area (Å²) >= 11 is 0. The van der Waals surface area contributed by atoms with Gasteiger partial charge in [0, 0.05) is 39.3 Å². The third-order valence-electron chi connectivity index (χ3n) is 3.10. The minimum atomic E-state index is 0.826. The summed E-state index contributed by atoms with van der Waals surface area (Å²) in [6.07, 6.45) is 1.32. The molecule has 0 amide bonds. The molecule has 0 unspecified atom stereocenters. The number of nitrogens with zero attached hydrogens (tertiary/aromatic N) is 2. The highest BCUT2D eigenvalue weighted by atomic mass is 15.2. The summed E-state index contributed by atoms with van der Waals surface area (Å²) < 4.78 is 0. The largest absolute Gasteiger partial charge is 0.314 e. The van der Waals surface area contributed by atoms with Gasteiger partial charge in [0.25, 0.3) is 0 Å². The molecule has 0 bridgehead atoms. The van der Waals surface area contributed by atoms with E-state index in [1.54, 1.807) is 0 Å². The maximum atomic E-state index is 3.39. The molecule has 0 aromatic heterocycles. The molecule has 0 saturated carbocycles. The molecule has 1 rings (SSSR count). The second kappa shape index (κ2) is 7.20. The summed E-state index contributed by atoms with van der Waals surface area (Å²) in [6.45, 7) is 13.0. The number of hydrogen-bond donors (Lipinski definition) is 1. The maximum absolute atomic E-state index is 3.39. The van der Waals surface area contributed by atoms with Crippen LogP contribution in [0.1, 0.15) is 20.3 Å². The van der Waals surface area contributed by atoms with Crippen molar-refractivity contribution in [2.24, 2.45) is 5.92 Å². The van der Waals surface area contributed by atoms with Gasteiger partial charge in [-0.05, 0) is 25.9 Å². The topological polar surface area (TPSA) is 18.5 Å². The zero-order chi connectivity index (χ0) is 11.1. The van der Waals surface area contributed by atoms with Crippen molar-refractivity contribution < 1.29 is 0 Å². The zero-order valence-electron chi connectivity index (χ0n) is 10.6. The average Bonchev–Trinajstić information content (AvgIpc) is 2.25. The molecule has 1 saturated heterocycles. The van der Waals surface area contributed by atoms with Gasteiger partial charge in [-0.1, -0.05) is 13.8 Å². The smallest absolute Gasteiger partial charge is 0.0110 e. The monoisotopic (exact) mass is 213 g/mol. The first-order valence-corrected chi connectivity index (χ1v) is 6.30. The van der Waals surface area contributed by atoms with Gasteiger partial charge in [0.15, 0.2) is 0 Å². The highest BCUT2D eigenvalue weighted by Crippen LogP contribution is 2.00. The molecule has 0 aromatic carbocycles. The highest BCUT2D eigenvalue weighted by molar-refractivity contribution is 4.68. The van der Waals surface area contributed by atoms with E-state index in [2.05, 4.69) is 36.0 Å². The van der Waals surface area contributed by atoms with E-state index in [0.29, 0.717) is 0 Å². The molecule has 1 N–H and O–H groups in total. The molecule has 90 valence electrons. The van der Waals surface area contributed by atoms with Crippen molar-refractivity contribution in [2.45, 2.75) is 20.3 Å². The first-order chi connectivity index (χ1) is 7.18. The number of piperazine rings is 1. The van der Waals surface area contributed by atoms with Crippen LogP contribution in [0.15, 0.2) is 0 Å². The summed E-state index contributed by atoms with van der Waals surface area (Å²) in [7, 11) is 2.24. The molecule has 1 heterocycles. The van der Waals surface area contributed by atoms with E-state index in [1.807, 2.05) is 0 Å². The Hall–Kier alpha value is -0.120. The van der Waals surface area contributed by atoms with Crippen LogP contribution in [-0.4, -0.2) is 62.7 Å². The van der Waals surface area contributed by atoms with E-state index in [0.717, 1.165) is 19.0 Å². The van der Waals surface area contributed by atoms with E-state index in [1.165, 1.54) is 39.1 Å². The van der Waals surface area contributed by atoms with Crippen molar-refractivity contribution in [2.75, 3.05) is 52.9 Å². The van der Waals surface area contributed by atoms with Gasteiger partial charge in [0.05, 0.1) is 0 Å². The molecule has 0 radical (unpaired) electrons. The normalized spacial score (nSPS) is 19.0. The number of hydrogen-bond acceptors (Lipinski definition) is 3. The van der Waals surface area contributed by atoms with Crippen LogP contribution in [0.4, 0.5) is 0 Å². The predicted octanol–water partition coefficient (Wildman–Crippen LogP) is 0.870. The van der Waals surface area contributed by atoms with Crippen LogP contribution in [0.25, 0.3) is 0 Å². The molecular formula is C12H27N3. The fourth-order valence-electron chi connectivity index (χ4n) is 1.84. The van der Waals surface area contributed by atoms with Crippen LogP contribution >= 0.6 is 0 Å². The summed E-state index contributed by atoms with van der Waals surface area (Å²) in [4.78, 5) is 5.02. The quantitative estimate of drug-likeness (QED) is 0.706. The predicted molar refractivity (Wildman–Crippen MR) is 66.3 cm³/mol. The Labute approximate surface area is 94.8 Å². The minimum Gasteiger partial charge on any atom is -0.314 e. The summed E-state index contributed by atoms with van der Waals surface area (Å²) in [6, 6.07) is 0. The van der Waals surface area contributed by atoms with Gasteiger partial charge in [0.1, 0.15) is 0 Å². The first-order valence-electron chi connectivity index (χ1n) is 6.30. The Bertz CT molecular complexity index is 153. The lowest BCUT2D eigenvalue weighted by molar-refractivity contribution is 0.201. The molecule has 0 spiro atoms. The van der Waals surface area contributed by atoms with E-state index in [-0.39, 0.29) is 0 Å². The lowest BCUT2D eigenvalue weighted by Crippen LogP contribution is -2.46. The Kier molecular flexibility index (Phi) is 6.22. The van der Waals surface area contributed by atoms with Crippen molar-refractivity contribution in [1.29, 1.82) is 0 Å². The van der Waals surface area contributed by atoms with Gasteiger partial charge in [-0.15, -0.1) is 0 Å². The van der Waals surface area contributed by atoms with E-state index in [4.69, 9.17) is 0 Å². The number of rotatable bonds is 6. The van der Waals surface area contributed by atoms with Gasteiger partial charge in [-0.3, -0.25) is 4.90 Å². The first kappa shape index (κ1) is 12.9. The van der Waals surface area contributed by atoms with E-state index in [9.17, 15) is 0 Å². The van der Waals surface area contributed by atoms with E-state index >= 15 is 0 Å². The second-order valence-corrected chi connectivity index (χ2v) is 5.08. The maximum Gasteiger partial charge on any atom is 0.0110 e. The molecule has 3 nitrogen and oxygen atoms in total. The van der Waals surface area contributed by atoms with Gasteiger partial charge in [0.2, 0.25) is 0 Å². The lowest BCUT2D eigenvalue weighted by Gasteiger charge is -2.29. The van der Waals surface area contributed by atoms with Crippen molar-refractivity contribution in [3.8, 4) is 0 Å². The lowest BCUT2D eigenvalue weighted by atomic mass is 10.1. The van der Waals surface area contributed by atoms with Gasteiger partial charge < -0.3 is 10.2 Å². The minimum absolute atomic E-state index is 0.826. The molecular weight excluding hydrogens is 186 g/mol. The third-order valence-corrected chi connectivity index (χ3v) is 3.10. The van der Waals surface area contributed by atoms with Gasteiger partial charge in [-0.2, -0.15) is 0 Å². The molecule has 0 atom stereocenters. The van der Waals surface area contributed by atoms with Crippen LogP contribution < -0.4 is 5.32 Å². The van der Waals surface area contributed by atoms with Crippen LogP contribution in [0.2, 0.25) is 0 Å². The Morgan fingerprint density at radius 3 is 2.47 bits per heavy atom. The summed E-state index contributed by atoms with van der Waals surface area (Å²) in [5, 5.41) is 3.39. The van der Waals surface area contributed by atoms with Gasteiger partial charge >= 0.3 is 0 Å². The number of nitrogens with one attached hydrogen (secondary N) is 1. The average molecular weight is 213 g/mol. The Morgan fingerprint density at radius 2 is 1.87 bits per heavy atom. The van der Waals surface area contributed by atoms with Crippen LogP contribution in [0.5, 0.6) is 0 Å². The summed E-state index contributed by atoms with van der Waals surface area (Å²) in [5.41, 5.74) is 0. The van der Waals surface area contributed by atoms with Crippen molar-refractivity contribution >= 4 is 0 Å². The molecule has 1 aliphatic heterocycles. The van der Waals surface area contributed by atoms with Crippen LogP contribution in [-0.2, 0) is 0 Å². The van der Waals surface area contributed by atoms with Crippen LogP contribution in [0, 0.1) is 5.92 Å². The fourth-order valence-corrected chi connectivity index (χ4v) is 1.84. The van der Waals surface area contributed by atoms with Crippen molar-refractivity contribution in [3.05, 3.63) is 0 Å². The number of likely N-dealkylation sites (N-methyl/N-ethyl adjacent to an activating group) is 1. The SMILES string of the molecule is CC(C)CCN(C)CCN1CCNCC1.